The van der Waals surface area contributed by atoms with Crippen molar-refractivity contribution in [1.29, 1.82) is 0 Å². The van der Waals surface area contributed by atoms with E-state index in [1.807, 2.05) is 24.3 Å². The number of hydrogen-bond donors (Lipinski definition) is 4. The zero-order valence-electron chi connectivity index (χ0n) is 15.7. The molecule has 0 fully saturated rings. The van der Waals surface area contributed by atoms with Gasteiger partial charge in [-0.25, -0.2) is 5.48 Å². The van der Waals surface area contributed by atoms with Crippen LogP contribution in [0.15, 0.2) is 42.5 Å². The van der Waals surface area contributed by atoms with Crippen LogP contribution < -0.4 is 16.1 Å². The number of carbonyl (C=O) groups is 3. The van der Waals surface area contributed by atoms with Gasteiger partial charge in [0.05, 0.1) is 0 Å². The quantitative estimate of drug-likeness (QED) is 0.350. The maximum atomic E-state index is 12.7. The summed E-state index contributed by atoms with van der Waals surface area (Å²) in [5.41, 5.74) is 6.18. The average Bonchev–Trinajstić information content (AvgIpc) is 3.20. The highest BCUT2D eigenvalue weighted by Gasteiger charge is 2.33. The minimum absolute atomic E-state index is 0.328. The highest BCUT2D eigenvalue weighted by Crippen LogP contribution is 2.28. The van der Waals surface area contributed by atoms with Crippen LogP contribution in [-0.2, 0) is 16.0 Å². The van der Waals surface area contributed by atoms with Crippen LogP contribution in [0.25, 0.3) is 11.1 Å². The molecule has 0 aromatic heterocycles. The van der Waals surface area contributed by atoms with Crippen LogP contribution in [0.1, 0.15) is 15.9 Å². The van der Waals surface area contributed by atoms with Gasteiger partial charge in [-0.2, -0.15) is 0 Å². The van der Waals surface area contributed by atoms with Gasteiger partial charge in [-0.05, 0) is 47.4 Å². The second-order valence-corrected chi connectivity index (χ2v) is 6.53. The summed E-state index contributed by atoms with van der Waals surface area (Å²) in [5.74, 6) is -2.20. The fraction of sp³-hybridized carbons (Fsp3) is 0.250. The Kier molecular flexibility index (Phi) is 5.60. The summed E-state index contributed by atoms with van der Waals surface area (Å²) in [6.45, 7) is 0.937. The molecule has 3 amide bonds. The molecular formula is C20H22N4O4. The Bertz CT molecular complexity index is 895. The fourth-order valence-corrected chi connectivity index (χ4v) is 3.28. The Labute approximate surface area is 162 Å². The van der Waals surface area contributed by atoms with Gasteiger partial charge in [-0.15, -0.1) is 0 Å². The average molecular weight is 382 g/mol. The van der Waals surface area contributed by atoms with Gasteiger partial charge in [0, 0.05) is 31.9 Å². The lowest BCUT2D eigenvalue weighted by Gasteiger charge is -2.25. The van der Waals surface area contributed by atoms with Crippen LogP contribution >= 0.6 is 0 Å². The van der Waals surface area contributed by atoms with E-state index in [4.69, 9.17) is 5.21 Å². The molecule has 3 rings (SSSR count). The van der Waals surface area contributed by atoms with Gasteiger partial charge >= 0.3 is 0 Å². The van der Waals surface area contributed by atoms with E-state index in [2.05, 4.69) is 16.7 Å². The molecule has 2 aromatic carbocycles. The van der Waals surface area contributed by atoms with Crippen LogP contribution in [0.4, 0.5) is 5.69 Å². The Morgan fingerprint density at radius 2 is 1.75 bits per heavy atom. The molecule has 146 valence electrons. The molecule has 1 heterocycles. The molecule has 2 aromatic rings. The molecule has 0 saturated heterocycles. The number of carbonyl (C=O) groups excluding carboxylic acids is 3. The number of amides is 3. The molecule has 4 N–H and O–H groups in total. The van der Waals surface area contributed by atoms with Crippen LogP contribution in [-0.4, -0.2) is 54.5 Å². The number of rotatable bonds is 5. The maximum absolute atomic E-state index is 12.7. The first-order chi connectivity index (χ1) is 13.5. The van der Waals surface area contributed by atoms with Gasteiger partial charge in [0.15, 0.2) is 6.04 Å². The van der Waals surface area contributed by atoms with E-state index >= 15 is 0 Å². The fourth-order valence-electron chi connectivity index (χ4n) is 3.28. The molecule has 0 aliphatic carbocycles. The first-order valence-corrected chi connectivity index (χ1v) is 8.86. The molecule has 28 heavy (non-hydrogen) atoms. The summed E-state index contributed by atoms with van der Waals surface area (Å²) in [5, 5.41) is 14.5. The minimum atomic E-state index is -1.48. The molecule has 0 saturated carbocycles. The van der Waals surface area contributed by atoms with Crippen molar-refractivity contribution in [2.24, 2.45) is 0 Å². The molecule has 0 bridgehead atoms. The van der Waals surface area contributed by atoms with Crippen molar-refractivity contribution in [3.05, 3.63) is 53.6 Å². The van der Waals surface area contributed by atoms with Gasteiger partial charge in [0.2, 0.25) is 0 Å². The highest BCUT2D eigenvalue weighted by molar-refractivity contribution is 6.08. The monoisotopic (exact) mass is 382 g/mol. The van der Waals surface area contributed by atoms with Gasteiger partial charge in [0.25, 0.3) is 17.7 Å². The first-order valence-electron chi connectivity index (χ1n) is 8.86. The highest BCUT2D eigenvalue weighted by atomic mass is 16.5. The second kappa shape index (κ2) is 8.10. The molecular weight excluding hydrogens is 360 g/mol. The number of hydroxylamine groups is 1. The predicted octanol–water partition coefficient (Wildman–Crippen LogP) is 1.01. The summed E-state index contributed by atoms with van der Waals surface area (Å²) >= 11 is 0. The summed E-state index contributed by atoms with van der Waals surface area (Å²) in [6.07, 6.45) is 0.984. The van der Waals surface area contributed by atoms with Gasteiger partial charge in [-0.3, -0.25) is 19.6 Å². The number of fused-ring (bicyclic) bond motifs is 1. The summed E-state index contributed by atoms with van der Waals surface area (Å²) in [6, 6.07) is 11.7. The predicted molar refractivity (Wildman–Crippen MR) is 104 cm³/mol. The van der Waals surface area contributed by atoms with Crippen molar-refractivity contribution in [3.8, 4) is 11.1 Å². The van der Waals surface area contributed by atoms with Gasteiger partial charge < -0.3 is 15.5 Å². The number of benzene rings is 2. The maximum Gasteiger partial charge on any atom is 0.275 e. The Morgan fingerprint density at radius 1 is 1.07 bits per heavy atom. The largest absolute Gasteiger partial charge is 0.384 e. The number of hydrogen-bond acceptors (Lipinski definition) is 5. The topological polar surface area (TPSA) is 111 Å². The summed E-state index contributed by atoms with van der Waals surface area (Å²) in [4.78, 5) is 37.4. The minimum Gasteiger partial charge on any atom is -0.384 e. The molecule has 8 nitrogen and oxygen atoms in total. The lowest BCUT2D eigenvalue weighted by atomic mass is 10.00. The van der Waals surface area contributed by atoms with E-state index in [-0.39, 0.29) is 0 Å². The van der Waals surface area contributed by atoms with E-state index in [1.54, 1.807) is 12.1 Å². The first kappa shape index (κ1) is 19.4. The number of nitrogens with one attached hydrogen (secondary N) is 3. The molecule has 0 radical (unpaired) electrons. The molecule has 1 aliphatic rings. The van der Waals surface area contributed by atoms with Crippen molar-refractivity contribution in [1.82, 2.24) is 15.7 Å². The van der Waals surface area contributed by atoms with Crippen LogP contribution in [0.3, 0.4) is 0 Å². The van der Waals surface area contributed by atoms with E-state index in [0.717, 1.165) is 34.7 Å². The zero-order chi connectivity index (χ0) is 20.3. The third-order valence-electron chi connectivity index (χ3n) is 4.84. The van der Waals surface area contributed by atoms with Gasteiger partial charge in [0.1, 0.15) is 0 Å². The van der Waals surface area contributed by atoms with E-state index in [1.165, 1.54) is 25.1 Å². The summed E-state index contributed by atoms with van der Waals surface area (Å²) in [7, 11) is 2.68. The Morgan fingerprint density at radius 3 is 2.39 bits per heavy atom. The van der Waals surface area contributed by atoms with E-state index in [0.29, 0.717) is 5.56 Å². The number of anilines is 1. The van der Waals surface area contributed by atoms with Crippen LogP contribution in [0.2, 0.25) is 0 Å². The van der Waals surface area contributed by atoms with Crippen molar-refractivity contribution in [2.45, 2.75) is 12.5 Å². The van der Waals surface area contributed by atoms with E-state index < -0.39 is 23.8 Å². The standard InChI is InChI=1S/C20H22N4O4/c1-21-18(25)17(19(26)23-28)24(2)20(27)13-5-3-12(4-6-13)14-7-8-16-15(11-14)9-10-22-16/h3-8,11,17,22,28H,9-10H2,1-2H3,(H,21,25)(H,23,26). The number of nitrogens with zero attached hydrogens (tertiary/aromatic N) is 1. The van der Waals surface area contributed by atoms with Crippen LogP contribution in [0, 0.1) is 0 Å². The third-order valence-corrected chi connectivity index (χ3v) is 4.84. The number of likely N-dealkylation sites (N-methyl/N-ethyl adjacent to an activating group) is 2. The Balaban J connectivity index is 1.81. The summed E-state index contributed by atoms with van der Waals surface area (Å²) < 4.78 is 0. The Hall–Kier alpha value is -3.39. The van der Waals surface area contributed by atoms with Gasteiger partial charge in [-0.1, -0.05) is 18.2 Å². The molecule has 8 heteroatoms. The van der Waals surface area contributed by atoms with Crippen molar-refractivity contribution in [2.75, 3.05) is 26.0 Å². The lowest BCUT2D eigenvalue weighted by molar-refractivity contribution is -0.140. The molecule has 0 spiro atoms. The normalized spacial score (nSPS) is 13.1. The smallest absolute Gasteiger partial charge is 0.275 e. The van der Waals surface area contributed by atoms with E-state index in [9.17, 15) is 14.4 Å². The molecule has 1 aliphatic heterocycles. The zero-order valence-corrected chi connectivity index (χ0v) is 15.7. The SMILES string of the molecule is CNC(=O)C(C(=O)NO)N(C)C(=O)c1ccc(-c2ccc3c(c2)CCN3)cc1. The second-order valence-electron chi connectivity index (χ2n) is 6.53. The van der Waals surface area contributed by atoms with Crippen molar-refractivity contribution < 1.29 is 19.6 Å². The lowest BCUT2D eigenvalue weighted by Crippen LogP contribution is -2.54. The molecule has 1 atom stereocenters. The van der Waals surface area contributed by atoms with Crippen molar-refractivity contribution in [3.63, 3.8) is 0 Å². The molecule has 1 unspecified atom stereocenters. The third kappa shape index (κ3) is 3.67. The van der Waals surface area contributed by atoms with Crippen LogP contribution in [0.5, 0.6) is 0 Å². The van der Waals surface area contributed by atoms with Crippen molar-refractivity contribution >= 4 is 23.4 Å².